The van der Waals surface area contributed by atoms with Gasteiger partial charge in [-0.1, -0.05) is 80.7 Å². The van der Waals surface area contributed by atoms with Crippen molar-refractivity contribution in [1.29, 1.82) is 0 Å². The third kappa shape index (κ3) is 1470. The summed E-state index contributed by atoms with van der Waals surface area (Å²) < 4.78 is 0. The molecule has 0 fully saturated rings. The summed E-state index contributed by atoms with van der Waals surface area (Å²) in [6.07, 6.45) is 5.03. The fourth-order valence-electron chi connectivity index (χ4n) is 0. The Morgan fingerprint density at radius 3 is 0.812 bits per heavy atom. The van der Waals surface area contributed by atoms with E-state index in [4.69, 9.17) is 0 Å². The van der Waals surface area contributed by atoms with Gasteiger partial charge in [0, 0.05) is 7.05 Å². The molecule has 0 aromatic carbocycles. The first kappa shape index (κ1) is 36.2. The number of hydrogen-bond donors (Lipinski definition) is 0. The zero-order valence-electron chi connectivity index (χ0n) is 13.6. The minimum Gasteiger partial charge on any atom is -0.301 e. The largest absolute Gasteiger partial charge is 0.301 e. The molecule has 1 nitrogen and oxygen atoms in total. The van der Waals surface area contributed by atoms with Gasteiger partial charge in [-0.15, -0.1) is 0 Å². The van der Waals surface area contributed by atoms with Crippen molar-refractivity contribution in [2.45, 2.75) is 62.3 Å². The van der Waals surface area contributed by atoms with Crippen LogP contribution in [0.15, 0.2) is 30.3 Å². The van der Waals surface area contributed by atoms with E-state index in [0.717, 1.165) is 0 Å². The van der Waals surface area contributed by atoms with E-state index in [1.54, 1.807) is 25.4 Å². The fourth-order valence-corrected chi connectivity index (χ4v) is 0. The standard InChI is InChI=1S/C4H6.C3H7N.4C2H6/c2*1-3-4-2;4*1-2/h3-4H,1-2H2;3H,1-2H3;4*1-2H3. The molecule has 0 bridgehead atoms. The summed E-state index contributed by atoms with van der Waals surface area (Å²) in [5.41, 5.74) is 0. The van der Waals surface area contributed by atoms with Gasteiger partial charge in [0.1, 0.15) is 0 Å². The molecule has 102 valence electrons. The van der Waals surface area contributed by atoms with Gasteiger partial charge in [0.25, 0.3) is 0 Å². The summed E-state index contributed by atoms with van der Waals surface area (Å²) in [4.78, 5) is 3.61. The van der Waals surface area contributed by atoms with Crippen LogP contribution >= 0.6 is 0 Å². The van der Waals surface area contributed by atoms with Crippen LogP contribution in [0.25, 0.3) is 0 Å². The second-order valence-electron chi connectivity index (χ2n) is 0.988. The van der Waals surface area contributed by atoms with E-state index in [2.05, 4.69) is 18.2 Å². The lowest BCUT2D eigenvalue weighted by Gasteiger charge is -1.53. The molecular weight excluding hydrogens is 194 g/mol. The quantitative estimate of drug-likeness (QED) is 0.378. The van der Waals surface area contributed by atoms with E-state index in [1.165, 1.54) is 0 Å². The maximum absolute atomic E-state index is 3.61. The number of hydrogen-bond acceptors (Lipinski definition) is 1. The zero-order chi connectivity index (χ0) is 14.8. The van der Waals surface area contributed by atoms with Gasteiger partial charge in [-0.2, -0.15) is 0 Å². The SMILES string of the molecule is C=CC=C.CC.CC.CC.CC.CC=NC. The Morgan fingerprint density at radius 1 is 0.688 bits per heavy atom. The van der Waals surface area contributed by atoms with Crippen LogP contribution in [0, 0.1) is 0 Å². The molecule has 0 amide bonds. The normalized spacial score (nSPS) is 5.12. The predicted octanol–water partition coefficient (Wildman–Crippen LogP) is 6.17. The maximum atomic E-state index is 3.61. The molecule has 16 heavy (non-hydrogen) atoms. The van der Waals surface area contributed by atoms with Crippen LogP contribution in [0.4, 0.5) is 0 Å². The highest BCUT2D eigenvalue weighted by atomic mass is 14.6. The first-order valence-corrected chi connectivity index (χ1v) is 6.43. The van der Waals surface area contributed by atoms with E-state index in [0.29, 0.717) is 0 Å². The lowest BCUT2D eigenvalue weighted by molar-refractivity contribution is 1.46. The molecule has 0 rings (SSSR count). The van der Waals surface area contributed by atoms with Crippen LogP contribution in [0.2, 0.25) is 0 Å². The molecule has 0 saturated heterocycles. The molecule has 1 heteroatoms. The monoisotopic (exact) mass is 231 g/mol. The summed E-state index contributed by atoms with van der Waals surface area (Å²) in [5, 5.41) is 0. The second kappa shape index (κ2) is 247. The molecule has 0 saturated carbocycles. The molecule has 0 atom stereocenters. The Hall–Kier alpha value is -0.850. The summed E-state index contributed by atoms with van der Waals surface area (Å²) in [7, 11) is 1.75. The van der Waals surface area contributed by atoms with E-state index < -0.39 is 0 Å². The van der Waals surface area contributed by atoms with Crippen LogP contribution in [-0.2, 0) is 0 Å². The van der Waals surface area contributed by atoms with Crippen molar-refractivity contribution in [1.82, 2.24) is 0 Å². The Morgan fingerprint density at radius 2 is 0.812 bits per heavy atom. The number of nitrogens with zero attached hydrogens (tertiary/aromatic N) is 1. The van der Waals surface area contributed by atoms with Crippen molar-refractivity contribution in [2.75, 3.05) is 7.05 Å². The minimum atomic E-state index is 1.64. The van der Waals surface area contributed by atoms with E-state index in [1.807, 2.05) is 62.3 Å². The van der Waals surface area contributed by atoms with Crippen molar-refractivity contribution < 1.29 is 0 Å². The third-order valence-electron chi connectivity index (χ3n) is 0.425. The van der Waals surface area contributed by atoms with Gasteiger partial charge in [0.2, 0.25) is 0 Å². The first-order chi connectivity index (χ1) is 7.83. The number of aliphatic imine (C=N–C) groups is 1. The Kier molecular flexibility index (Phi) is 558. The molecule has 0 heterocycles. The molecule has 0 aromatic rings. The van der Waals surface area contributed by atoms with Crippen LogP contribution in [0.1, 0.15) is 62.3 Å². The molecule has 0 N–H and O–H groups in total. The highest BCUT2D eigenvalue weighted by molar-refractivity contribution is 5.52. The van der Waals surface area contributed by atoms with Gasteiger partial charge in [-0.3, -0.25) is 0 Å². The van der Waals surface area contributed by atoms with Gasteiger partial charge in [-0.25, -0.2) is 0 Å². The molecule has 0 aliphatic carbocycles. The van der Waals surface area contributed by atoms with Gasteiger partial charge >= 0.3 is 0 Å². The second-order valence-corrected chi connectivity index (χ2v) is 0.988. The molecule has 0 aromatic heterocycles. The highest BCUT2D eigenvalue weighted by Crippen LogP contribution is 1.52. The fraction of sp³-hybridized carbons (Fsp3) is 0.667. The molecule has 0 aliphatic rings. The van der Waals surface area contributed by atoms with E-state index >= 15 is 0 Å². The summed E-state index contributed by atoms with van der Waals surface area (Å²) in [6.45, 7) is 24.6. The minimum absolute atomic E-state index is 1.64. The molecule has 0 radical (unpaired) electrons. The summed E-state index contributed by atoms with van der Waals surface area (Å²) >= 11 is 0. The Bertz CT molecular complexity index is 63.5. The first-order valence-electron chi connectivity index (χ1n) is 6.43. The highest BCUT2D eigenvalue weighted by Gasteiger charge is 1.32. The Labute approximate surface area is 106 Å². The lowest BCUT2D eigenvalue weighted by Crippen LogP contribution is -1.47. The van der Waals surface area contributed by atoms with E-state index in [9.17, 15) is 0 Å². The smallest absolute Gasteiger partial charge is 0.0273 e. The van der Waals surface area contributed by atoms with E-state index in [-0.39, 0.29) is 0 Å². The topological polar surface area (TPSA) is 12.4 Å². The predicted molar refractivity (Wildman–Crippen MR) is 85.9 cm³/mol. The third-order valence-corrected chi connectivity index (χ3v) is 0.425. The van der Waals surface area contributed by atoms with Crippen molar-refractivity contribution >= 4 is 6.21 Å². The Balaban J connectivity index is -0.0000000196. The zero-order valence-corrected chi connectivity index (χ0v) is 13.6. The number of rotatable bonds is 1. The van der Waals surface area contributed by atoms with Crippen LogP contribution < -0.4 is 0 Å². The van der Waals surface area contributed by atoms with Crippen LogP contribution in [-0.4, -0.2) is 13.3 Å². The molecule has 0 aliphatic heterocycles. The number of allylic oxidation sites excluding steroid dienone is 2. The van der Waals surface area contributed by atoms with Crippen molar-refractivity contribution in [3.63, 3.8) is 0 Å². The van der Waals surface area contributed by atoms with Gasteiger partial charge in [-0.05, 0) is 13.1 Å². The van der Waals surface area contributed by atoms with Gasteiger partial charge in [0.05, 0.1) is 0 Å². The van der Waals surface area contributed by atoms with Crippen molar-refractivity contribution in [3.05, 3.63) is 25.3 Å². The van der Waals surface area contributed by atoms with Crippen LogP contribution in [0.3, 0.4) is 0 Å². The van der Waals surface area contributed by atoms with Crippen LogP contribution in [0.5, 0.6) is 0 Å². The average molecular weight is 231 g/mol. The summed E-state index contributed by atoms with van der Waals surface area (Å²) in [6, 6.07) is 0. The van der Waals surface area contributed by atoms with Crippen molar-refractivity contribution in [2.24, 2.45) is 4.99 Å². The van der Waals surface area contributed by atoms with Gasteiger partial charge < -0.3 is 4.99 Å². The van der Waals surface area contributed by atoms with Gasteiger partial charge in [0.15, 0.2) is 0 Å². The lowest BCUT2D eigenvalue weighted by atomic mass is 10.6. The maximum Gasteiger partial charge on any atom is 0.0273 e. The summed E-state index contributed by atoms with van der Waals surface area (Å²) in [5.74, 6) is 0. The average Bonchev–Trinajstić information content (AvgIpc) is 2.47. The molecule has 0 unspecified atom stereocenters. The molecule has 0 spiro atoms. The van der Waals surface area contributed by atoms with Crippen molar-refractivity contribution in [3.8, 4) is 0 Å². The molecular formula is C15H37N.